The van der Waals surface area contributed by atoms with Crippen molar-refractivity contribution in [2.75, 3.05) is 0 Å². The Bertz CT molecular complexity index is 303. The maximum Gasteiger partial charge on any atom is 0.219 e. The van der Waals surface area contributed by atoms with Crippen molar-refractivity contribution in [1.29, 1.82) is 0 Å². The van der Waals surface area contributed by atoms with Crippen molar-refractivity contribution in [2.24, 2.45) is 0 Å². The molecule has 76 valence electrons. The molecule has 0 saturated carbocycles. The Labute approximate surface area is 97.9 Å². The van der Waals surface area contributed by atoms with Crippen LogP contribution in [-0.2, 0) is 0 Å². The second-order valence-corrected chi connectivity index (χ2v) is 5.13. The standard InChI is InChI=1S/C10H9Cl3O/c11-10(12,13)9(14)7-6-8-4-2-1-3-5-8/h1-7,9,14H/b7-6+/t9-/m0/s1. The van der Waals surface area contributed by atoms with E-state index in [9.17, 15) is 5.11 Å². The van der Waals surface area contributed by atoms with Gasteiger partial charge in [0, 0.05) is 0 Å². The molecule has 1 rings (SSSR count). The zero-order chi connectivity index (χ0) is 10.6. The highest BCUT2D eigenvalue weighted by Crippen LogP contribution is 2.31. The van der Waals surface area contributed by atoms with E-state index in [1.165, 1.54) is 6.08 Å². The topological polar surface area (TPSA) is 20.2 Å². The Morgan fingerprint density at radius 2 is 1.71 bits per heavy atom. The molecular weight excluding hydrogens is 242 g/mol. The van der Waals surface area contributed by atoms with E-state index >= 15 is 0 Å². The first-order valence-corrected chi connectivity index (χ1v) is 5.11. The van der Waals surface area contributed by atoms with Crippen LogP contribution < -0.4 is 0 Å². The fraction of sp³-hybridized carbons (Fsp3) is 0.200. The van der Waals surface area contributed by atoms with E-state index in [4.69, 9.17) is 34.8 Å². The van der Waals surface area contributed by atoms with Crippen LogP contribution in [0, 0.1) is 0 Å². The van der Waals surface area contributed by atoms with Gasteiger partial charge in [0.25, 0.3) is 0 Å². The van der Waals surface area contributed by atoms with Gasteiger partial charge in [-0.25, -0.2) is 0 Å². The summed E-state index contributed by atoms with van der Waals surface area (Å²) in [5.41, 5.74) is 0.945. The molecule has 0 spiro atoms. The molecule has 0 heterocycles. The van der Waals surface area contributed by atoms with Gasteiger partial charge in [0.2, 0.25) is 3.79 Å². The Balaban J connectivity index is 2.66. The monoisotopic (exact) mass is 250 g/mol. The van der Waals surface area contributed by atoms with Gasteiger partial charge in [-0.15, -0.1) is 0 Å². The molecule has 0 saturated heterocycles. The molecule has 0 aliphatic rings. The molecule has 14 heavy (non-hydrogen) atoms. The fourth-order valence-corrected chi connectivity index (χ4v) is 1.09. The van der Waals surface area contributed by atoms with Crippen LogP contribution in [0.4, 0.5) is 0 Å². The van der Waals surface area contributed by atoms with E-state index in [0.29, 0.717) is 0 Å². The molecule has 1 aromatic rings. The molecule has 0 aromatic heterocycles. The lowest BCUT2D eigenvalue weighted by atomic mass is 10.2. The third kappa shape index (κ3) is 3.89. The summed E-state index contributed by atoms with van der Waals surface area (Å²) in [5, 5.41) is 9.36. The number of aliphatic hydroxyl groups excluding tert-OH is 1. The molecular formula is C10H9Cl3O. The molecule has 1 aromatic carbocycles. The van der Waals surface area contributed by atoms with Crippen LogP contribution in [0.3, 0.4) is 0 Å². The smallest absolute Gasteiger partial charge is 0.219 e. The van der Waals surface area contributed by atoms with Gasteiger partial charge in [-0.2, -0.15) is 0 Å². The minimum Gasteiger partial charge on any atom is -0.385 e. The van der Waals surface area contributed by atoms with Crippen molar-refractivity contribution in [3.05, 3.63) is 42.0 Å². The molecule has 1 N–H and O–H groups in total. The minimum absolute atomic E-state index is 0.945. The molecule has 0 unspecified atom stereocenters. The van der Waals surface area contributed by atoms with Gasteiger partial charge >= 0.3 is 0 Å². The van der Waals surface area contributed by atoms with E-state index in [-0.39, 0.29) is 0 Å². The Hall–Kier alpha value is -0.210. The van der Waals surface area contributed by atoms with Crippen LogP contribution in [0.25, 0.3) is 6.08 Å². The first kappa shape index (κ1) is 11.9. The second kappa shape index (κ2) is 5.04. The molecule has 1 nitrogen and oxygen atoms in total. The summed E-state index contributed by atoms with van der Waals surface area (Å²) >= 11 is 16.4. The van der Waals surface area contributed by atoms with E-state index in [1.54, 1.807) is 6.08 Å². The van der Waals surface area contributed by atoms with Gasteiger partial charge in [0.05, 0.1) is 0 Å². The van der Waals surface area contributed by atoms with Crippen LogP contribution in [0.5, 0.6) is 0 Å². The lowest BCUT2D eigenvalue weighted by molar-refractivity contribution is 0.228. The van der Waals surface area contributed by atoms with Gasteiger partial charge < -0.3 is 5.11 Å². The van der Waals surface area contributed by atoms with Crippen LogP contribution in [0.1, 0.15) is 5.56 Å². The number of hydrogen-bond donors (Lipinski definition) is 1. The molecule has 0 aliphatic carbocycles. The number of benzene rings is 1. The number of alkyl halides is 3. The van der Waals surface area contributed by atoms with Crippen molar-refractivity contribution in [3.8, 4) is 0 Å². The summed E-state index contributed by atoms with van der Waals surface area (Å²) < 4.78 is -1.68. The number of aliphatic hydroxyl groups is 1. The summed E-state index contributed by atoms with van der Waals surface area (Å²) in [6, 6.07) is 9.47. The Kier molecular flexibility index (Phi) is 4.27. The molecule has 0 amide bonds. The lowest BCUT2D eigenvalue weighted by Gasteiger charge is -2.14. The van der Waals surface area contributed by atoms with Crippen molar-refractivity contribution < 1.29 is 5.11 Å². The van der Waals surface area contributed by atoms with Gasteiger partial charge in [0.15, 0.2) is 0 Å². The maximum absolute atomic E-state index is 9.36. The second-order valence-electron chi connectivity index (χ2n) is 2.76. The van der Waals surface area contributed by atoms with Crippen molar-refractivity contribution in [3.63, 3.8) is 0 Å². The molecule has 0 fully saturated rings. The summed E-state index contributed by atoms with van der Waals surface area (Å²) in [4.78, 5) is 0. The Morgan fingerprint density at radius 1 is 1.14 bits per heavy atom. The molecule has 1 atom stereocenters. The third-order valence-corrected chi connectivity index (χ3v) is 2.28. The van der Waals surface area contributed by atoms with Crippen molar-refractivity contribution in [2.45, 2.75) is 9.90 Å². The van der Waals surface area contributed by atoms with Crippen LogP contribution >= 0.6 is 34.8 Å². The summed E-state index contributed by atoms with van der Waals surface area (Å²) in [7, 11) is 0. The zero-order valence-electron chi connectivity index (χ0n) is 7.20. The molecule has 4 heteroatoms. The number of hydrogen-bond acceptors (Lipinski definition) is 1. The first-order chi connectivity index (χ1) is 6.50. The van der Waals surface area contributed by atoms with Crippen LogP contribution in [-0.4, -0.2) is 15.0 Å². The predicted molar refractivity (Wildman–Crippen MR) is 61.8 cm³/mol. The predicted octanol–water partition coefficient (Wildman–Crippen LogP) is 3.43. The number of halogens is 3. The summed E-state index contributed by atoms with van der Waals surface area (Å²) in [6.07, 6.45) is 2.04. The van der Waals surface area contributed by atoms with Crippen LogP contribution in [0.2, 0.25) is 0 Å². The fourth-order valence-electron chi connectivity index (χ4n) is 0.876. The minimum atomic E-state index is -1.68. The normalized spacial score (nSPS) is 14.6. The van der Waals surface area contributed by atoms with Gasteiger partial charge in [-0.05, 0) is 5.56 Å². The Morgan fingerprint density at radius 3 is 2.21 bits per heavy atom. The summed E-state index contributed by atoms with van der Waals surface area (Å²) in [5.74, 6) is 0. The van der Waals surface area contributed by atoms with E-state index in [1.807, 2.05) is 30.3 Å². The lowest BCUT2D eigenvalue weighted by Crippen LogP contribution is -2.22. The largest absolute Gasteiger partial charge is 0.385 e. The summed E-state index contributed by atoms with van der Waals surface area (Å²) in [6.45, 7) is 0. The average Bonchev–Trinajstić information content (AvgIpc) is 2.14. The highest BCUT2D eigenvalue weighted by atomic mass is 35.6. The maximum atomic E-state index is 9.36. The highest BCUT2D eigenvalue weighted by molar-refractivity contribution is 6.68. The van der Waals surface area contributed by atoms with Gasteiger partial charge in [-0.1, -0.05) is 77.3 Å². The average molecular weight is 252 g/mol. The molecule has 0 aliphatic heterocycles. The van der Waals surface area contributed by atoms with Gasteiger partial charge in [-0.3, -0.25) is 0 Å². The number of rotatable bonds is 2. The van der Waals surface area contributed by atoms with Crippen molar-refractivity contribution >= 4 is 40.9 Å². The first-order valence-electron chi connectivity index (χ1n) is 3.98. The van der Waals surface area contributed by atoms with E-state index < -0.39 is 9.90 Å². The molecule has 0 radical (unpaired) electrons. The highest BCUT2D eigenvalue weighted by Gasteiger charge is 2.28. The van der Waals surface area contributed by atoms with Crippen molar-refractivity contribution in [1.82, 2.24) is 0 Å². The third-order valence-electron chi connectivity index (χ3n) is 1.61. The SMILES string of the molecule is O[C@@H](/C=C/c1ccccc1)C(Cl)(Cl)Cl. The van der Waals surface area contributed by atoms with E-state index in [2.05, 4.69) is 0 Å². The van der Waals surface area contributed by atoms with Crippen LogP contribution in [0.15, 0.2) is 36.4 Å². The van der Waals surface area contributed by atoms with Gasteiger partial charge in [0.1, 0.15) is 6.10 Å². The zero-order valence-corrected chi connectivity index (χ0v) is 9.47. The molecule has 0 bridgehead atoms. The van der Waals surface area contributed by atoms with E-state index in [0.717, 1.165) is 5.56 Å². The quantitative estimate of drug-likeness (QED) is 0.799.